The maximum Gasteiger partial charge on any atom is 0.311 e. The standard InChI is InChI=1S/C11H17NO5/c1-11(10(14)15)2-3-12(7-11)9(13)8-6-16-4-5-17-8/h8H,2-7H2,1H3,(H,14,15)/t8-,11-/m1/s1. The number of carbonyl (C=O) groups is 2. The van der Waals surface area contributed by atoms with Gasteiger partial charge in [0, 0.05) is 13.1 Å². The molecule has 0 aliphatic carbocycles. The smallest absolute Gasteiger partial charge is 0.311 e. The van der Waals surface area contributed by atoms with Gasteiger partial charge in [0.15, 0.2) is 6.10 Å². The van der Waals surface area contributed by atoms with E-state index in [1.165, 1.54) is 0 Å². The van der Waals surface area contributed by atoms with Crippen LogP contribution in [-0.2, 0) is 19.1 Å². The SMILES string of the molecule is C[C@@]1(C(=O)O)CCN(C(=O)[C@H]2COCCO2)C1. The molecule has 96 valence electrons. The summed E-state index contributed by atoms with van der Waals surface area (Å²) < 4.78 is 10.5. The average Bonchev–Trinajstić information content (AvgIpc) is 2.74. The van der Waals surface area contributed by atoms with Crippen LogP contribution in [0.5, 0.6) is 0 Å². The molecule has 1 amide bonds. The van der Waals surface area contributed by atoms with Crippen molar-refractivity contribution in [2.24, 2.45) is 5.41 Å². The summed E-state index contributed by atoms with van der Waals surface area (Å²) in [5, 5.41) is 9.09. The number of hydrogen-bond acceptors (Lipinski definition) is 4. The van der Waals surface area contributed by atoms with Crippen LogP contribution in [0.1, 0.15) is 13.3 Å². The second kappa shape index (κ2) is 4.62. The summed E-state index contributed by atoms with van der Waals surface area (Å²) in [6.45, 7) is 3.58. The zero-order chi connectivity index (χ0) is 12.5. The van der Waals surface area contributed by atoms with E-state index >= 15 is 0 Å². The summed E-state index contributed by atoms with van der Waals surface area (Å²) in [6, 6.07) is 0. The molecular formula is C11H17NO5. The van der Waals surface area contributed by atoms with Crippen molar-refractivity contribution in [3.8, 4) is 0 Å². The number of carboxylic acids is 1. The number of rotatable bonds is 2. The van der Waals surface area contributed by atoms with Crippen molar-refractivity contribution in [1.82, 2.24) is 4.90 Å². The van der Waals surface area contributed by atoms with Gasteiger partial charge in [-0.15, -0.1) is 0 Å². The molecule has 2 atom stereocenters. The predicted molar refractivity (Wildman–Crippen MR) is 57.5 cm³/mol. The Hall–Kier alpha value is -1.14. The third-order valence-electron chi connectivity index (χ3n) is 3.39. The molecule has 2 heterocycles. The molecule has 17 heavy (non-hydrogen) atoms. The Balaban J connectivity index is 1.95. The zero-order valence-electron chi connectivity index (χ0n) is 9.85. The van der Waals surface area contributed by atoms with Gasteiger partial charge in [0.1, 0.15) is 0 Å². The van der Waals surface area contributed by atoms with Crippen LogP contribution < -0.4 is 0 Å². The van der Waals surface area contributed by atoms with Gasteiger partial charge in [-0.1, -0.05) is 0 Å². The minimum atomic E-state index is -0.853. The molecule has 2 rings (SSSR count). The fourth-order valence-electron chi connectivity index (χ4n) is 2.16. The van der Waals surface area contributed by atoms with Crippen LogP contribution in [0.2, 0.25) is 0 Å². The first-order chi connectivity index (χ1) is 8.03. The van der Waals surface area contributed by atoms with Crippen molar-refractivity contribution in [3.05, 3.63) is 0 Å². The van der Waals surface area contributed by atoms with Crippen molar-refractivity contribution >= 4 is 11.9 Å². The quantitative estimate of drug-likeness (QED) is 0.722. The Morgan fingerprint density at radius 2 is 2.18 bits per heavy atom. The van der Waals surface area contributed by atoms with Crippen LogP contribution >= 0.6 is 0 Å². The fraction of sp³-hybridized carbons (Fsp3) is 0.818. The largest absolute Gasteiger partial charge is 0.481 e. The van der Waals surface area contributed by atoms with E-state index in [9.17, 15) is 9.59 Å². The maximum absolute atomic E-state index is 12.0. The van der Waals surface area contributed by atoms with E-state index in [1.807, 2.05) is 0 Å². The first kappa shape index (κ1) is 12.3. The second-order valence-electron chi connectivity index (χ2n) is 4.81. The molecule has 6 nitrogen and oxygen atoms in total. The molecule has 2 aliphatic heterocycles. The zero-order valence-corrected chi connectivity index (χ0v) is 9.85. The van der Waals surface area contributed by atoms with Gasteiger partial charge in [-0.3, -0.25) is 9.59 Å². The van der Waals surface area contributed by atoms with Crippen LogP contribution in [0, 0.1) is 5.41 Å². The molecule has 0 aromatic rings. The molecule has 0 spiro atoms. The van der Waals surface area contributed by atoms with Crippen LogP contribution in [0.3, 0.4) is 0 Å². The molecule has 2 saturated heterocycles. The van der Waals surface area contributed by atoms with E-state index < -0.39 is 17.5 Å². The van der Waals surface area contributed by atoms with Crippen molar-refractivity contribution in [3.63, 3.8) is 0 Å². The summed E-state index contributed by atoms with van der Waals surface area (Å²) >= 11 is 0. The Morgan fingerprint density at radius 3 is 2.71 bits per heavy atom. The van der Waals surface area contributed by atoms with Crippen molar-refractivity contribution in [1.29, 1.82) is 0 Å². The lowest BCUT2D eigenvalue weighted by molar-refractivity contribution is -0.158. The first-order valence-corrected chi connectivity index (χ1v) is 5.74. The molecule has 0 radical (unpaired) electrons. The predicted octanol–water partition coefficient (Wildman–Crippen LogP) is -0.275. The van der Waals surface area contributed by atoms with E-state index in [-0.39, 0.29) is 19.1 Å². The summed E-state index contributed by atoms with van der Waals surface area (Å²) in [4.78, 5) is 24.7. The second-order valence-corrected chi connectivity index (χ2v) is 4.81. The average molecular weight is 243 g/mol. The highest BCUT2D eigenvalue weighted by Gasteiger charge is 2.43. The number of carboxylic acid groups (broad SMARTS) is 1. The normalized spacial score (nSPS) is 33.7. The Labute approximate surface area is 99.5 Å². The third-order valence-corrected chi connectivity index (χ3v) is 3.39. The third kappa shape index (κ3) is 2.42. The van der Waals surface area contributed by atoms with Gasteiger partial charge in [0.25, 0.3) is 5.91 Å². The first-order valence-electron chi connectivity index (χ1n) is 5.74. The van der Waals surface area contributed by atoms with E-state index in [0.717, 1.165) is 0 Å². The van der Waals surface area contributed by atoms with Crippen LogP contribution in [0.15, 0.2) is 0 Å². The number of amides is 1. The van der Waals surface area contributed by atoms with Crippen molar-refractivity contribution in [2.75, 3.05) is 32.9 Å². The summed E-state index contributed by atoms with van der Waals surface area (Å²) in [5.74, 6) is -1.01. The van der Waals surface area contributed by atoms with Crippen molar-refractivity contribution in [2.45, 2.75) is 19.4 Å². The van der Waals surface area contributed by atoms with Gasteiger partial charge in [-0.05, 0) is 13.3 Å². The van der Waals surface area contributed by atoms with E-state index in [2.05, 4.69) is 0 Å². The number of carbonyl (C=O) groups excluding carboxylic acids is 1. The molecule has 0 bridgehead atoms. The van der Waals surface area contributed by atoms with Gasteiger partial charge in [0.2, 0.25) is 0 Å². The van der Waals surface area contributed by atoms with Gasteiger partial charge in [-0.25, -0.2) is 0 Å². The molecule has 6 heteroatoms. The van der Waals surface area contributed by atoms with E-state index in [1.54, 1.807) is 11.8 Å². The molecule has 2 fully saturated rings. The molecule has 0 saturated carbocycles. The Morgan fingerprint density at radius 1 is 1.41 bits per heavy atom. The number of ether oxygens (including phenoxy) is 2. The topological polar surface area (TPSA) is 76.1 Å². The molecule has 0 aromatic carbocycles. The highest BCUT2D eigenvalue weighted by Crippen LogP contribution is 2.30. The summed E-state index contributed by atoms with van der Waals surface area (Å²) in [7, 11) is 0. The lowest BCUT2D eigenvalue weighted by Gasteiger charge is -2.27. The van der Waals surface area contributed by atoms with Gasteiger partial charge in [0.05, 0.1) is 25.2 Å². The molecule has 0 aromatic heterocycles. The monoisotopic (exact) mass is 243 g/mol. The molecule has 2 aliphatic rings. The molecule has 1 N–H and O–H groups in total. The lowest BCUT2D eigenvalue weighted by atomic mass is 9.90. The Bertz CT molecular complexity index is 326. The minimum Gasteiger partial charge on any atom is -0.481 e. The van der Waals surface area contributed by atoms with E-state index in [4.69, 9.17) is 14.6 Å². The maximum atomic E-state index is 12.0. The lowest BCUT2D eigenvalue weighted by Crippen LogP contribution is -2.45. The van der Waals surface area contributed by atoms with Gasteiger partial charge < -0.3 is 19.5 Å². The van der Waals surface area contributed by atoms with Crippen molar-refractivity contribution < 1.29 is 24.2 Å². The van der Waals surface area contributed by atoms with Crippen LogP contribution in [0.25, 0.3) is 0 Å². The van der Waals surface area contributed by atoms with Gasteiger partial charge in [-0.2, -0.15) is 0 Å². The highest BCUT2D eigenvalue weighted by atomic mass is 16.6. The van der Waals surface area contributed by atoms with Gasteiger partial charge >= 0.3 is 5.97 Å². The van der Waals surface area contributed by atoms with Crippen LogP contribution in [-0.4, -0.2) is 60.9 Å². The fourth-order valence-corrected chi connectivity index (χ4v) is 2.16. The molecular weight excluding hydrogens is 226 g/mol. The summed E-state index contributed by atoms with van der Waals surface area (Å²) in [5.41, 5.74) is -0.828. The molecule has 0 unspecified atom stereocenters. The highest BCUT2D eigenvalue weighted by molar-refractivity contribution is 5.83. The number of hydrogen-bond donors (Lipinski definition) is 1. The number of aliphatic carboxylic acids is 1. The van der Waals surface area contributed by atoms with Crippen LogP contribution in [0.4, 0.5) is 0 Å². The number of likely N-dealkylation sites (tertiary alicyclic amines) is 1. The number of nitrogens with zero attached hydrogens (tertiary/aromatic N) is 1. The Kier molecular flexibility index (Phi) is 3.35. The summed E-state index contributed by atoms with van der Waals surface area (Å²) in [6.07, 6.45) is -0.0818. The van der Waals surface area contributed by atoms with E-state index in [0.29, 0.717) is 26.2 Å². The minimum absolute atomic E-state index is 0.158.